The van der Waals surface area contributed by atoms with Crippen LogP contribution in [0.3, 0.4) is 0 Å². The number of rotatable bonds is 3. The number of aliphatic hydroxyl groups is 1. The Hall–Kier alpha value is -1.35. The van der Waals surface area contributed by atoms with Crippen molar-refractivity contribution in [3.8, 4) is 0 Å². The number of carbonyl (C=O) groups excluding carboxylic acids is 1. The summed E-state index contributed by atoms with van der Waals surface area (Å²) < 4.78 is 4.69. The Morgan fingerprint density at radius 2 is 2.00 bits per heavy atom. The van der Waals surface area contributed by atoms with Crippen LogP contribution in [-0.2, 0) is 28.8 Å². The van der Waals surface area contributed by atoms with Gasteiger partial charge in [-0.1, -0.05) is 25.1 Å². The van der Waals surface area contributed by atoms with Crippen LogP contribution in [0.4, 0.5) is 0 Å². The summed E-state index contributed by atoms with van der Waals surface area (Å²) in [6.45, 7) is 5.86. The SMILES string of the molecule is COC(=O)Cc1ccc2c(c1)CC(C)(C(C)(C)O)C2. The van der Waals surface area contributed by atoms with Crippen molar-refractivity contribution in [1.82, 2.24) is 0 Å². The number of fused-ring (bicyclic) bond motifs is 1. The average Bonchev–Trinajstić information content (AvgIpc) is 2.65. The van der Waals surface area contributed by atoms with Crippen LogP contribution in [-0.4, -0.2) is 23.8 Å². The van der Waals surface area contributed by atoms with Gasteiger partial charge in [0.15, 0.2) is 0 Å². The molecule has 0 radical (unpaired) electrons. The number of ether oxygens (including phenoxy) is 1. The zero-order valence-electron chi connectivity index (χ0n) is 12.1. The fraction of sp³-hybridized carbons (Fsp3) is 0.562. The predicted octanol–water partition coefficient (Wildman–Crippen LogP) is 2.28. The van der Waals surface area contributed by atoms with E-state index in [1.807, 2.05) is 19.9 Å². The van der Waals surface area contributed by atoms with Crippen molar-refractivity contribution in [2.45, 2.75) is 45.6 Å². The fourth-order valence-electron chi connectivity index (χ4n) is 2.70. The van der Waals surface area contributed by atoms with E-state index in [9.17, 15) is 9.90 Å². The van der Waals surface area contributed by atoms with Gasteiger partial charge in [-0.25, -0.2) is 0 Å². The van der Waals surface area contributed by atoms with Crippen LogP contribution in [0.2, 0.25) is 0 Å². The lowest BCUT2D eigenvalue weighted by atomic mass is 9.73. The maximum atomic E-state index is 11.3. The number of hydrogen-bond donors (Lipinski definition) is 1. The molecule has 1 aliphatic carbocycles. The van der Waals surface area contributed by atoms with E-state index in [1.54, 1.807) is 0 Å². The minimum Gasteiger partial charge on any atom is -0.469 e. The third kappa shape index (κ3) is 2.66. The molecule has 0 aliphatic heterocycles. The molecule has 0 fully saturated rings. The van der Waals surface area contributed by atoms with Gasteiger partial charge in [-0.3, -0.25) is 4.79 Å². The molecule has 1 aromatic carbocycles. The summed E-state index contributed by atoms with van der Waals surface area (Å²) in [5.41, 5.74) is 2.64. The molecule has 1 N–H and O–H groups in total. The largest absolute Gasteiger partial charge is 0.469 e. The zero-order chi connectivity index (χ0) is 14.3. The van der Waals surface area contributed by atoms with Gasteiger partial charge in [0, 0.05) is 5.41 Å². The first-order valence-electron chi connectivity index (χ1n) is 6.65. The molecule has 0 bridgehead atoms. The van der Waals surface area contributed by atoms with Crippen molar-refractivity contribution in [2.24, 2.45) is 5.41 Å². The van der Waals surface area contributed by atoms with Gasteiger partial charge < -0.3 is 9.84 Å². The molecule has 3 heteroatoms. The Morgan fingerprint density at radius 1 is 1.37 bits per heavy atom. The third-order valence-corrected chi connectivity index (χ3v) is 4.49. The summed E-state index contributed by atoms with van der Waals surface area (Å²) >= 11 is 0. The van der Waals surface area contributed by atoms with Crippen molar-refractivity contribution in [3.05, 3.63) is 34.9 Å². The van der Waals surface area contributed by atoms with Crippen molar-refractivity contribution >= 4 is 5.97 Å². The number of benzene rings is 1. The second-order valence-electron chi connectivity index (χ2n) is 6.33. The highest BCUT2D eigenvalue weighted by Crippen LogP contribution is 2.44. The maximum absolute atomic E-state index is 11.3. The molecule has 2 rings (SSSR count). The van der Waals surface area contributed by atoms with Crippen LogP contribution in [0.5, 0.6) is 0 Å². The molecule has 104 valence electrons. The Balaban J connectivity index is 2.23. The molecule has 1 aliphatic rings. The highest BCUT2D eigenvalue weighted by Gasteiger charge is 2.43. The van der Waals surface area contributed by atoms with Gasteiger partial charge in [0.2, 0.25) is 0 Å². The molecule has 1 aromatic rings. The highest BCUT2D eigenvalue weighted by atomic mass is 16.5. The lowest BCUT2D eigenvalue weighted by molar-refractivity contribution is -0.139. The molecular weight excluding hydrogens is 240 g/mol. The summed E-state index contributed by atoms with van der Waals surface area (Å²) in [6, 6.07) is 6.12. The first-order chi connectivity index (χ1) is 8.75. The summed E-state index contributed by atoms with van der Waals surface area (Å²) in [5, 5.41) is 10.3. The topological polar surface area (TPSA) is 46.5 Å². The summed E-state index contributed by atoms with van der Waals surface area (Å²) in [7, 11) is 1.40. The van der Waals surface area contributed by atoms with E-state index in [0.717, 1.165) is 18.4 Å². The van der Waals surface area contributed by atoms with E-state index in [-0.39, 0.29) is 11.4 Å². The van der Waals surface area contributed by atoms with Crippen molar-refractivity contribution in [1.29, 1.82) is 0 Å². The molecule has 0 spiro atoms. The molecule has 0 saturated carbocycles. The van der Waals surface area contributed by atoms with Gasteiger partial charge in [0.05, 0.1) is 19.1 Å². The Kier molecular flexibility index (Phi) is 3.43. The van der Waals surface area contributed by atoms with Gasteiger partial charge in [-0.15, -0.1) is 0 Å². The van der Waals surface area contributed by atoms with E-state index >= 15 is 0 Å². The van der Waals surface area contributed by atoms with Crippen molar-refractivity contribution in [2.75, 3.05) is 7.11 Å². The molecule has 1 unspecified atom stereocenters. The van der Waals surface area contributed by atoms with Crippen LogP contribution in [0.25, 0.3) is 0 Å². The standard InChI is InChI=1S/C16H22O3/c1-15(2,18)16(3)9-12-6-5-11(7-13(12)10-16)8-14(17)19-4/h5-7,18H,8-10H2,1-4H3. The van der Waals surface area contributed by atoms with Crippen LogP contribution in [0.1, 0.15) is 37.5 Å². The Bertz CT molecular complexity index is 499. The Labute approximate surface area is 114 Å². The zero-order valence-corrected chi connectivity index (χ0v) is 12.1. The lowest BCUT2D eigenvalue weighted by Crippen LogP contribution is -2.41. The average molecular weight is 262 g/mol. The van der Waals surface area contributed by atoms with Gasteiger partial charge in [-0.05, 0) is 43.4 Å². The minimum absolute atomic E-state index is 0.140. The van der Waals surface area contributed by atoms with Crippen molar-refractivity contribution < 1.29 is 14.6 Å². The third-order valence-electron chi connectivity index (χ3n) is 4.49. The molecule has 0 heterocycles. The van der Waals surface area contributed by atoms with Crippen LogP contribution >= 0.6 is 0 Å². The first-order valence-corrected chi connectivity index (χ1v) is 6.65. The van der Waals surface area contributed by atoms with Gasteiger partial charge in [0.1, 0.15) is 0 Å². The molecule has 0 amide bonds. The second-order valence-corrected chi connectivity index (χ2v) is 6.33. The highest BCUT2D eigenvalue weighted by molar-refractivity contribution is 5.72. The number of esters is 1. The maximum Gasteiger partial charge on any atom is 0.309 e. The number of carbonyl (C=O) groups is 1. The molecule has 0 saturated heterocycles. The summed E-state index contributed by atoms with van der Waals surface area (Å²) in [5.74, 6) is -0.219. The van der Waals surface area contributed by atoms with E-state index in [2.05, 4.69) is 23.8 Å². The van der Waals surface area contributed by atoms with Crippen LogP contribution in [0, 0.1) is 5.41 Å². The van der Waals surface area contributed by atoms with Crippen LogP contribution < -0.4 is 0 Å². The minimum atomic E-state index is -0.714. The number of hydrogen-bond acceptors (Lipinski definition) is 3. The normalized spacial score (nSPS) is 22.2. The molecule has 0 aromatic heterocycles. The molecule has 1 atom stereocenters. The van der Waals surface area contributed by atoms with Gasteiger partial charge in [0.25, 0.3) is 0 Å². The van der Waals surface area contributed by atoms with Gasteiger partial charge >= 0.3 is 5.97 Å². The van der Waals surface area contributed by atoms with E-state index in [1.165, 1.54) is 18.2 Å². The van der Waals surface area contributed by atoms with Crippen molar-refractivity contribution in [3.63, 3.8) is 0 Å². The quantitative estimate of drug-likeness (QED) is 0.850. The lowest BCUT2D eigenvalue weighted by Gasteiger charge is -2.37. The van der Waals surface area contributed by atoms with E-state index in [4.69, 9.17) is 0 Å². The first kappa shape index (κ1) is 14.1. The van der Waals surface area contributed by atoms with E-state index in [0.29, 0.717) is 6.42 Å². The molecule has 3 nitrogen and oxygen atoms in total. The monoisotopic (exact) mass is 262 g/mol. The molecule has 19 heavy (non-hydrogen) atoms. The Morgan fingerprint density at radius 3 is 2.58 bits per heavy atom. The number of methoxy groups -OCH3 is 1. The summed E-state index contributed by atoms with van der Waals surface area (Å²) in [6.07, 6.45) is 2.04. The second kappa shape index (κ2) is 4.64. The van der Waals surface area contributed by atoms with Crippen LogP contribution in [0.15, 0.2) is 18.2 Å². The fourth-order valence-corrected chi connectivity index (χ4v) is 2.70. The smallest absolute Gasteiger partial charge is 0.309 e. The van der Waals surface area contributed by atoms with Gasteiger partial charge in [-0.2, -0.15) is 0 Å². The molecular formula is C16H22O3. The summed E-state index contributed by atoms with van der Waals surface area (Å²) in [4.78, 5) is 11.3. The predicted molar refractivity (Wildman–Crippen MR) is 74.0 cm³/mol. The van der Waals surface area contributed by atoms with E-state index < -0.39 is 5.60 Å².